The van der Waals surface area contributed by atoms with Gasteiger partial charge in [0.1, 0.15) is 12.2 Å². The molecule has 1 atom stereocenters. The highest BCUT2D eigenvalue weighted by molar-refractivity contribution is 5.25. The highest BCUT2D eigenvalue weighted by Crippen LogP contribution is 2.20. The summed E-state index contributed by atoms with van der Waals surface area (Å²) in [5.41, 5.74) is 0.958. The molecule has 1 aromatic rings. The zero-order valence-corrected chi connectivity index (χ0v) is 7.95. The summed E-state index contributed by atoms with van der Waals surface area (Å²) in [4.78, 5) is 4.44. The molecule has 0 aliphatic heterocycles. The quantitative estimate of drug-likeness (QED) is 0.686. The third-order valence-electron chi connectivity index (χ3n) is 2.04. The standard InChI is InChI=1S/C10H15NO2/c1-8-3-5-9(6-4-8)10(2,12)7-13-11/h3-6,12H,7,11H2,1-2H3. The number of benzene rings is 1. The van der Waals surface area contributed by atoms with Gasteiger partial charge >= 0.3 is 0 Å². The van der Waals surface area contributed by atoms with E-state index in [1.807, 2.05) is 31.2 Å². The van der Waals surface area contributed by atoms with E-state index in [0.29, 0.717) is 0 Å². The molecule has 0 heterocycles. The molecule has 3 N–H and O–H groups in total. The molecule has 0 radical (unpaired) electrons. The number of hydrogen-bond donors (Lipinski definition) is 2. The smallest absolute Gasteiger partial charge is 0.112 e. The van der Waals surface area contributed by atoms with Gasteiger partial charge in [0, 0.05) is 0 Å². The van der Waals surface area contributed by atoms with Crippen LogP contribution in [0.2, 0.25) is 0 Å². The number of nitrogens with two attached hydrogens (primary N) is 1. The minimum absolute atomic E-state index is 0.0933. The Morgan fingerprint density at radius 3 is 2.38 bits per heavy atom. The molecule has 0 amide bonds. The van der Waals surface area contributed by atoms with Crippen LogP contribution in [0, 0.1) is 6.92 Å². The third kappa shape index (κ3) is 2.52. The minimum atomic E-state index is -1.01. The van der Waals surface area contributed by atoms with Gasteiger partial charge in [0.2, 0.25) is 0 Å². The molecule has 0 saturated carbocycles. The van der Waals surface area contributed by atoms with E-state index in [4.69, 9.17) is 5.90 Å². The van der Waals surface area contributed by atoms with Crippen LogP contribution >= 0.6 is 0 Å². The van der Waals surface area contributed by atoms with Crippen LogP contribution in [0.1, 0.15) is 18.1 Å². The lowest BCUT2D eigenvalue weighted by Gasteiger charge is -2.22. The maximum Gasteiger partial charge on any atom is 0.112 e. The zero-order valence-electron chi connectivity index (χ0n) is 7.95. The second-order valence-corrected chi connectivity index (χ2v) is 3.45. The summed E-state index contributed by atoms with van der Waals surface area (Å²) in [5.74, 6) is 4.92. The maximum absolute atomic E-state index is 9.87. The minimum Gasteiger partial charge on any atom is -0.383 e. The fraction of sp³-hybridized carbons (Fsp3) is 0.400. The Morgan fingerprint density at radius 1 is 1.38 bits per heavy atom. The first-order valence-electron chi connectivity index (χ1n) is 4.17. The number of hydrogen-bond acceptors (Lipinski definition) is 3. The van der Waals surface area contributed by atoms with Crippen LogP contribution < -0.4 is 5.90 Å². The third-order valence-corrected chi connectivity index (χ3v) is 2.04. The average molecular weight is 181 g/mol. The van der Waals surface area contributed by atoms with Crippen LogP contribution in [0.3, 0.4) is 0 Å². The lowest BCUT2D eigenvalue weighted by molar-refractivity contribution is -0.0387. The topological polar surface area (TPSA) is 55.5 Å². The van der Waals surface area contributed by atoms with Gasteiger partial charge < -0.3 is 9.94 Å². The van der Waals surface area contributed by atoms with Crippen LogP contribution in [-0.2, 0) is 10.4 Å². The molecular formula is C10H15NO2. The van der Waals surface area contributed by atoms with E-state index >= 15 is 0 Å². The molecule has 0 bridgehead atoms. The normalized spacial score (nSPS) is 15.4. The second kappa shape index (κ2) is 3.87. The first-order valence-corrected chi connectivity index (χ1v) is 4.17. The van der Waals surface area contributed by atoms with E-state index in [2.05, 4.69) is 4.84 Å². The highest BCUT2D eigenvalue weighted by atomic mass is 16.6. The second-order valence-electron chi connectivity index (χ2n) is 3.45. The monoisotopic (exact) mass is 181 g/mol. The Labute approximate surface area is 78.1 Å². The van der Waals surface area contributed by atoms with Crippen molar-refractivity contribution in [1.29, 1.82) is 0 Å². The highest BCUT2D eigenvalue weighted by Gasteiger charge is 2.22. The van der Waals surface area contributed by atoms with Crippen molar-refractivity contribution in [1.82, 2.24) is 0 Å². The summed E-state index contributed by atoms with van der Waals surface area (Å²) in [6.07, 6.45) is 0. The average Bonchev–Trinajstić information content (AvgIpc) is 2.05. The van der Waals surface area contributed by atoms with Crippen molar-refractivity contribution in [3.05, 3.63) is 35.4 Å². The molecule has 0 aliphatic rings. The molecule has 0 fully saturated rings. The molecule has 3 heteroatoms. The Kier molecular flexibility index (Phi) is 3.03. The summed E-state index contributed by atoms with van der Waals surface area (Å²) in [7, 11) is 0. The van der Waals surface area contributed by atoms with Crippen molar-refractivity contribution in [2.75, 3.05) is 6.61 Å². The Hall–Kier alpha value is -0.900. The predicted octanol–water partition coefficient (Wildman–Crippen LogP) is 1.09. The van der Waals surface area contributed by atoms with Crippen LogP contribution in [0.15, 0.2) is 24.3 Å². The van der Waals surface area contributed by atoms with Crippen molar-refractivity contribution in [3.8, 4) is 0 Å². The summed E-state index contributed by atoms with van der Waals surface area (Å²) >= 11 is 0. The van der Waals surface area contributed by atoms with Gasteiger partial charge in [0.15, 0.2) is 0 Å². The number of rotatable bonds is 3. The molecule has 13 heavy (non-hydrogen) atoms. The summed E-state index contributed by atoms with van der Waals surface area (Å²) in [6, 6.07) is 7.63. The van der Waals surface area contributed by atoms with E-state index in [-0.39, 0.29) is 6.61 Å². The van der Waals surface area contributed by atoms with Gasteiger partial charge in [0.25, 0.3) is 0 Å². The molecule has 0 aromatic heterocycles. The molecule has 0 spiro atoms. The van der Waals surface area contributed by atoms with Crippen molar-refractivity contribution in [2.24, 2.45) is 5.90 Å². The first kappa shape index (κ1) is 10.2. The van der Waals surface area contributed by atoms with Crippen molar-refractivity contribution >= 4 is 0 Å². The van der Waals surface area contributed by atoms with Gasteiger partial charge in [-0.3, -0.25) is 0 Å². The first-order chi connectivity index (χ1) is 6.06. The van der Waals surface area contributed by atoms with Crippen LogP contribution in [0.25, 0.3) is 0 Å². The molecule has 0 saturated heterocycles. The van der Waals surface area contributed by atoms with Gasteiger partial charge in [-0.25, -0.2) is 5.90 Å². The van der Waals surface area contributed by atoms with Crippen LogP contribution in [0.4, 0.5) is 0 Å². The summed E-state index contributed by atoms with van der Waals surface area (Å²) < 4.78 is 0. The van der Waals surface area contributed by atoms with E-state index < -0.39 is 5.60 Å². The fourth-order valence-electron chi connectivity index (χ4n) is 1.16. The molecule has 1 unspecified atom stereocenters. The van der Waals surface area contributed by atoms with Crippen LogP contribution in [0.5, 0.6) is 0 Å². The van der Waals surface area contributed by atoms with E-state index in [1.165, 1.54) is 0 Å². The maximum atomic E-state index is 9.87. The number of aryl methyl sites for hydroxylation is 1. The van der Waals surface area contributed by atoms with Gasteiger partial charge in [-0.05, 0) is 19.4 Å². The Morgan fingerprint density at radius 2 is 1.92 bits per heavy atom. The SMILES string of the molecule is Cc1ccc(C(C)(O)CON)cc1. The van der Waals surface area contributed by atoms with Crippen molar-refractivity contribution < 1.29 is 9.94 Å². The summed E-state index contributed by atoms with van der Waals surface area (Å²) in [5, 5.41) is 9.87. The predicted molar refractivity (Wildman–Crippen MR) is 50.9 cm³/mol. The van der Waals surface area contributed by atoms with E-state index in [9.17, 15) is 5.11 Å². The van der Waals surface area contributed by atoms with E-state index in [1.54, 1.807) is 6.92 Å². The lowest BCUT2D eigenvalue weighted by Crippen LogP contribution is -2.29. The van der Waals surface area contributed by atoms with Gasteiger partial charge in [-0.15, -0.1) is 0 Å². The zero-order chi connectivity index (χ0) is 9.90. The molecule has 1 rings (SSSR count). The van der Waals surface area contributed by atoms with E-state index in [0.717, 1.165) is 11.1 Å². The molecule has 72 valence electrons. The Balaban J connectivity index is 2.87. The number of aliphatic hydroxyl groups is 1. The van der Waals surface area contributed by atoms with Crippen molar-refractivity contribution in [3.63, 3.8) is 0 Å². The van der Waals surface area contributed by atoms with Gasteiger partial charge in [-0.1, -0.05) is 29.8 Å². The molecular weight excluding hydrogens is 166 g/mol. The molecule has 1 aromatic carbocycles. The van der Waals surface area contributed by atoms with Crippen molar-refractivity contribution in [2.45, 2.75) is 19.4 Å². The summed E-state index contributed by atoms with van der Waals surface area (Å²) in [6.45, 7) is 3.76. The fourth-order valence-corrected chi connectivity index (χ4v) is 1.16. The van der Waals surface area contributed by atoms with Crippen LogP contribution in [-0.4, -0.2) is 11.7 Å². The molecule has 3 nitrogen and oxygen atoms in total. The van der Waals surface area contributed by atoms with Gasteiger partial charge in [-0.2, -0.15) is 0 Å². The largest absolute Gasteiger partial charge is 0.383 e. The Bertz CT molecular complexity index is 267. The van der Waals surface area contributed by atoms with Gasteiger partial charge in [0.05, 0.1) is 0 Å². The lowest BCUT2D eigenvalue weighted by atomic mass is 9.96. The molecule has 0 aliphatic carbocycles.